The molecule has 0 aromatic heterocycles. The van der Waals surface area contributed by atoms with Crippen molar-refractivity contribution in [1.29, 1.82) is 0 Å². The highest BCUT2D eigenvalue weighted by atomic mass is 16.6. The third-order valence-corrected chi connectivity index (χ3v) is 12.4. The Labute approximate surface area is 455 Å². The summed E-state index contributed by atoms with van der Waals surface area (Å²) in [5, 5.41) is 0. The molecule has 0 saturated heterocycles. The summed E-state index contributed by atoms with van der Waals surface area (Å²) in [6.45, 7) is 6.31. The maximum absolute atomic E-state index is 12.7. The van der Waals surface area contributed by atoms with Crippen LogP contribution in [-0.4, -0.2) is 37.2 Å². The SMILES string of the molecule is CC/C=C\C/C=C\C/C=C\C/C=C\C/C=C\C/C=C\C/C=C\CCCCCCCCCCCCCCCC(=O)OCC(COC(=O)CCCCCCCCCC)OC(=O)CC/C=C\C/C=C\C/C=C\C/C=C\CC. The van der Waals surface area contributed by atoms with Crippen LogP contribution in [0.15, 0.2) is 134 Å². The van der Waals surface area contributed by atoms with Crippen molar-refractivity contribution < 1.29 is 28.6 Å². The second kappa shape index (κ2) is 61.1. The molecule has 1 unspecified atom stereocenters. The van der Waals surface area contributed by atoms with Crippen LogP contribution in [0.2, 0.25) is 0 Å². The fourth-order valence-corrected chi connectivity index (χ4v) is 7.97. The van der Waals surface area contributed by atoms with E-state index in [1.807, 2.05) is 12.2 Å². The lowest BCUT2D eigenvalue weighted by atomic mass is 10.0. The number of unbranched alkanes of at least 4 members (excludes halogenated alkanes) is 20. The van der Waals surface area contributed by atoms with E-state index in [4.69, 9.17) is 14.2 Å². The molecule has 0 aliphatic rings. The van der Waals surface area contributed by atoms with Crippen LogP contribution >= 0.6 is 0 Å². The molecule has 0 amide bonds. The molecule has 6 nitrogen and oxygen atoms in total. The minimum Gasteiger partial charge on any atom is -0.462 e. The highest BCUT2D eigenvalue weighted by molar-refractivity contribution is 5.71. The van der Waals surface area contributed by atoms with Crippen LogP contribution in [0, 0.1) is 0 Å². The summed E-state index contributed by atoms with van der Waals surface area (Å²) in [6, 6.07) is 0. The Morgan fingerprint density at radius 2 is 0.554 bits per heavy atom. The Hall–Kier alpha value is -4.45. The average Bonchev–Trinajstić information content (AvgIpc) is 3.40. The van der Waals surface area contributed by atoms with Gasteiger partial charge in [0.2, 0.25) is 0 Å². The first-order valence-electron chi connectivity index (χ1n) is 30.2. The van der Waals surface area contributed by atoms with Crippen molar-refractivity contribution in [2.24, 2.45) is 0 Å². The smallest absolute Gasteiger partial charge is 0.306 e. The predicted octanol–water partition coefficient (Wildman–Crippen LogP) is 20.6. The van der Waals surface area contributed by atoms with E-state index >= 15 is 0 Å². The summed E-state index contributed by atoms with van der Waals surface area (Å²) in [6.07, 6.45) is 86.4. The number of ether oxygens (including phenoxy) is 3. The van der Waals surface area contributed by atoms with Gasteiger partial charge in [0, 0.05) is 19.3 Å². The molecule has 0 aliphatic heterocycles. The zero-order valence-electron chi connectivity index (χ0n) is 47.8. The van der Waals surface area contributed by atoms with E-state index in [0.717, 1.165) is 109 Å². The highest BCUT2D eigenvalue weighted by Gasteiger charge is 2.19. The van der Waals surface area contributed by atoms with Crippen LogP contribution in [0.1, 0.15) is 258 Å². The van der Waals surface area contributed by atoms with Gasteiger partial charge in [0.25, 0.3) is 0 Å². The summed E-state index contributed by atoms with van der Waals surface area (Å²) >= 11 is 0. The lowest BCUT2D eigenvalue weighted by molar-refractivity contribution is -0.166. The summed E-state index contributed by atoms with van der Waals surface area (Å²) < 4.78 is 16.7. The molecule has 0 saturated carbocycles. The molecule has 0 bridgehead atoms. The van der Waals surface area contributed by atoms with Crippen molar-refractivity contribution >= 4 is 17.9 Å². The number of hydrogen-bond donors (Lipinski definition) is 0. The van der Waals surface area contributed by atoms with E-state index in [1.165, 1.54) is 103 Å². The normalized spacial score (nSPS) is 13.1. The van der Waals surface area contributed by atoms with Gasteiger partial charge in [0.05, 0.1) is 0 Å². The first-order valence-corrected chi connectivity index (χ1v) is 30.2. The van der Waals surface area contributed by atoms with Crippen LogP contribution in [0.25, 0.3) is 0 Å². The monoisotopic (exact) mass is 1020 g/mol. The van der Waals surface area contributed by atoms with Crippen LogP contribution in [0.5, 0.6) is 0 Å². The van der Waals surface area contributed by atoms with Crippen molar-refractivity contribution in [2.75, 3.05) is 13.2 Å². The molecule has 418 valence electrons. The van der Waals surface area contributed by atoms with E-state index < -0.39 is 12.1 Å². The van der Waals surface area contributed by atoms with Crippen LogP contribution < -0.4 is 0 Å². The van der Waals surface area contributed by atoms with Gasteiger partial charge in [-0.3, -0.25) is 14.4 Å². The van der Waals surface area contributed by atoms with E-state index in [1.54, 1.807) is 0 Å². The minimum absolute atomic E-state index is 0.107. The fourth-order valence-electron chi connectivity index (χ4n) is 7.97. The Morgan fingerprint density at radius 1 is 0.284 bits per heavy atom. The van der Waals surface area contributed by atoms with E-state index in [9.17, 15) is 14.4 Å². The topological polar surface area (TPSA) is 78.9 Å². The van der Waals surface area contributed by atoms with Gasteiger partial charge in [-0.25, -0.2) is 0 Å². The average molecular weight is 1020 g/mol. The van der Waals surface area contributed by atoms with E-state index in [-0.39, 0.29) is 31.6 Å². The molecular formula is C68H110O6. The minimum atomic E-state index is -0.815. The number of carbonyl (C=O) groups is 3. The molecule has 6 heteroatoms. The summed E-state index contributed by atoms with van der Waals surface area (Å²) in [4.78, 5) is 37.9. The Bertz CT molecular complexity index is 1600. The number of rotatable bonds is 53. The first kappa shape index (κ1) is 69.5. The van der Waals surface area contributed by atoms with Crippen LogP contribution in [0.4, 0.5) is 0 Å². The lowest BCUT2D eigenvalue weighted by Gasteiger charge is -2.18. The fraction of sp³-hybridized carbons (Fsp3) is 0.632. The van der Waals surface area contributed by atoms with Gasteiger partial charge in [-0.15, -0.1) is 0 Å². The van der Waals surface area contributed by atoms with Crippen LogP contribution in [0.3, 0.4) is 0 Å². The van der Waals surface area contributed by atoms with Crippen molar-refractivity contribution in [3.05, 3.63) is 134 Å². The zero-order valence-corrected chi connectivity index (χ0v) is 47.8. The van der Waals surface area contributed by atoms with Gasteiger partial charge in [-0.05, 0) is 103 Å². The summed E-state index contributed by atoms with van der Waals surface area (Å²) in [5.74, 6) is -0.998. The second-order valence-corrected chi connectivity index (χ2v) is 19.5. The van der Waals surface area contributed by atoms with Gasteiger partial charge < -0.3 is 14.2 Å². The predicted molar refractivity (Wildman–Crippen MR) is 320 cm³/mol. The molecule has 0 N–H and O–H groups in total. The van der Waals surface area contributed by atoms with Crippen molar-refractivity contribution in [1.82, 2.24) is 0 Å². The summed E-state index contributed by atoms with van der Waals surface area (Å²) in [5.41, 5.74) is 0. The number of hydrogen-bond acceptors (Lipinski definition) is 6. The molecular weight excluding hydrogens is 913 g/mol. The quantitative estimate of drug-likeness (QED) is 0.0261. The maximum Gasteiger partial charge on any atom is 0.306 e. The van der Waals surface area contributed by atoms with Crippen molar-refractivity contribution in [3.8, 4) is 0 Å². The highest BCUT2D eigenvalue weighted by Crippen LogP contribution is 2.15. The molecule has 1 atom stereocenters. The van der Waals surface area contributed by atoms with E-state index in [0.29, 0.717) is 19.3 Å². The summed E-state index contributed by atoms with van der Waals surface area (Å²) in [7, 11) is 0. The third-order valence-electron chi connectivity index (χ3n) is 12.4. The molecule has 0 heterocycles. The van der Waals surface area contributed by atoms with E-state index in [2.05, 4.69) is 142 Å². The maximum atomic E-state index is 12.7. The van der Waals surface area contributed by atoms with Gasteiger partial charge in [-0.2, -0.15) is 0 Å². The Balaban J connectivity index is 4.10. The van der Waals surface area contributed by atoms with Gasteiger partial charge in [0.15, 0.2) is 6.10 Å². The first-order chi connectivity index (χ1) is 36.5. The molecule has 0 aromatic carbocycles. The Morgan fingerprint density at radius 3 is 0.878 bits per heavy atom. The standard InChI is InChI=1S/C68H110O6/c1-4-7-10-13-16-19-21-23-24-25-26-27-28-29-30-31-32-33-34-35-36-37-38-39-40-41-42-43-44-46-47-49-52-55-58-61-67(70)73-64-65(63-72-66(69)60-57-54-51-18-15-12-9-6-3)74-68(71)62-59-56-53-50-48-45-22-20-17-14-11-8-5-2/h7-8,10-11,16-17,19-20,23-24,26-27,29-30,32-33,35-36,45,48,53,56,65H,4-6,9,12-15,18,21-22,25,28,31,34,37-44,46-47,49-52,54-55,57-64H2,1-3H3/b10-7-,11-8-,19-16-,20-17-,24-23-,27-26-,30-29-,33-32-,36-35-,48-45-,56-53-. The largest absolute Gasteiger partial charge is 0.462 e. The molecule has 0 aliphatic carbocycles. The third kappa shape index (κ3) is 58.4. The number of allylic oxidation sites excluding steroid dienone is 22. The van der Waals surface area contributed by atoms with Gasteiger partial charge in [0.1, 0.15) is 13.2 Å². The zero-order chi connectivity index (χ0) is 53.6. The second-order valence-electron chi connectivity index (χ2n) is 19.5. The molecule has 74 heavy (non-hydrogen) atoms. The molecule has 0 fully saturated rings. The van der Waals surface area contributed by atoms with Crippen molar-refractivity contribution in [2.45, 2.75) is 264 Å². The molecule has 0 aromatic rings. The lowest BCUT2D eigenvalue weighted by Crippen LogP contribution is -2.30. The molecule has 0 spiro atoms. The van der Waals surface area contributed by atoms with Crippen LogP contribution in [-0.2, 0) is 28.6 Å². The molecule has 0 radical (unpaired) electrons. The number of esters is 3. The Kier molecular flexibility index (Phi) is 57.4. The van der Waals surface area contributed by atoms with Gasteiger partial charge in [-0.1, -0.05) is 270 Å². The number of carbonyl (C=O) groups excluding carboxylic acids is 3. The van der Waals surface area contributed by atoms with Crippen molar-refractivity contribution in [3.63, 3.8) is 0 Å². The molecule has 0 rings (SSSR count). The van der Waals surface area contributed by atoms with Gasteiger partial charge >= 0.3 is 17.9 Å².